The van der Waals surface area contributed by atoms with Gasteiger partial charge in [0, 0.05) is 44.3 Å². The molecule has 1 aromatic rings. The smallest absolute Gasteiger partial charge is 0.118 e. The zero-order chi connectivity index (χ0) is 13.9. The van der Waals surface area contributed by atoms with E-state index in [4.69, 9.17) is 10.2 Å². The van der Waals surface area contributed by atoms with Gasteiger partial charge in [0.2, 0.25) is 0 Å². The molecule has 0 bridgehead atoms. The molecule has 0 aromatic carbocycles. The highest BCUT2D eigenvalue weighted by atomic mass is 16.3. The molecule has 0 spiro atoms. The van der Waals surface area contributed by atoms with Crippen LogP contribution in [0.5, 0.6) is 0 Å². The van der Waals surface area contributed by atoms with E-state index in [1.807, 2.05) is 6.92 Å². The second kappa shape index (κ2) is 6.29. The second-order valence-corrected chi connectivity index (χ2v) is 6.25. The lowest BCUT2D eigenvalue weighted by Gasteiger charge is -2.38. The molecule has 4 nitrogen and oxygen atoms in total. The molecule has 20 heavy (non-hydrogen) atoms. The topological polar surface area (TPSA) is 45.6 Å². The maximum Gasteiger partial charge on any atom is 0.118 e. The van der Waals surface area contributed by atoms with Crippen LogP contribution in [0.3, 0.4) is 0 Å². The lowest BCUT2D eigenvalue weighted by molar-refractivity contribution is 0.0934. The molecule has 112 valence electrons. The second-order valence-electron chi connectivity index (χ2n) is 6.25. The Bertz CT molecular complexity index is 429. The molecule has 2 N–H and O–H groups in total. The predicted molar refractivity (Wildman–Crippen MR) is 80.4 cm³/mol. The molecule has 1 aromatic heterocycles. The summed E-state index contributed by atoms with van der Waals surface area (Å²) < 4.78 is 5.65. The van der Waals surface area contributed by atoms with Crippen LogP contribution in [-0.2, 0) is 13.1 Å². The van der Waals surface area contributed by atoms with E-state index in [1.54, 1.807) is 0 Å². The van der Waals surface area contributed by atoms with Crippen molar-refractivity contribution in [3.05, 3.63) is 23.2 Å². The summed E-state index contributed by atoms with van der Waals surface area (Å²) in [4.78, 5) is 5.25. The van der Waals surface area contributed by atoms with Gasteiger partial charge in [-0.2, -0.15) is 0 Å². The third kappa shape index (κ3) is 3.08. The maximum atomic E-state index is 5.65. The molecular formula is C16H27N3O. The van der Waals surface area contributed by atoms with Gasteiger partial charge in [-0.05, 0) is 25.8 Å². The summed E-state index contributed by atoms with van der Waals surface area (Å²) in [5.74, 6) is 1.94. The van der Waals surface area contributed by atoms with Crippen molar-refractivity contribution in [1.29, 1.82) is 0 Å². The summed E-state index contributed by atoms with van der Waals surface area (Å²) in [5.41, 5.74) is 6.94. The summed E-state index contributed by atoms with van der Waals surface area (Å²) in [6, 6.07) is 3.00. The van der Waals surface area contributed by atoms with Gasteiger partial charge in [0.1, 0.15) is 11.5 Å². The Kier molecular flexibility index (Phi) is 4.44. The van der Waals surface area contributed by atoms with Crippen molar-refractivity contribution in [2.24, 2.45) is 5.73 Å². The van der Waals surface area contributed by atoms with Gasteiger partial charge in [0.05, 0.1) is 6.54 Å². The van der Waals surface area contributed by atoms with Crippen LogP contribution in [-0.4, -0.2) is 42.0 Å². The lowest BCUT2D eigenvalue weighted by atomic mass is 10.1. The lowest BCUT2D eigenvalue weighted by Crippen LogP contribution is -2.49. The van der Waals surface area contributed by atoms with Crippen molar-refractivity contribution in [1.82, 2.24) is 9.80 Å². The minimum atomic E-state index is 0.496. The van der Waals surface area contributed by atoms with Gasteiger partial charge >= 0.3 is 0 Å². The molecule has 2 fully saturated rings. The molecule has 4 heteroatoms. The van der Waals surface area contributed by atoms with Crippen LogP contribution < -0.4 is 5.73 Å². The summed E-state index contributed by atoms with van der Waals surface area (Å²) in [5, 5.41) is 0. The zero-order valence-electron chi connectivity index (χ0n) is 12.6. The standard InChI is InChI=1S/C16H27N3O/c1-13-14(10-16(11-17)20-13)12-18-6-8-19(9-7-18)15-4-2-3-5-15/h10,15H,2-9,11-12,17H2,1H3. The molecule has 0 radical (unpaired) electrons. The van der Waals surface area contributed by atoms with Crippen molar-refractivity contribution in [2.45, 2.75) is 51.7 Å². The first-order valence-electron chi connectivity index (χ1n) is 8.01. The highest BCUT2D eigenvalue weighted by Gasteiger charge is 2.26. The zero-order valence-corrected chi connectivity index (χ0v) is 12.6. The highest BCUT2D eigenvalue weighted by Crippen LogP contribution is 2.25. The Morgan fingerprint density at radius 2 is 1.90 bits per heavy atom. The average molecular weight is 277 g/mol. The summed E-state index contributed by atoms with van der Waals surface area (Å²) in [6.45, 7) is 8.36. The monoisotopic (exact) mass is 277 g/mol. The predicted octanol–water partition coefficient (Wildman–Crippen LogP) is 2.11. The molecule has 1 aliphatic heterocycles. The SMILES string of the molecule is Cc1oc(CN)cc1CN1CCN(C2CCCC2)CC1. The number of nitrogens with two attached hydrogens (primary N) is 1. The van der Waals surface area contributed by atoms with Crippen LogP contribution in [0.1, 0.15) is 42.8 Å². The molecular weight excluding hydrogens is 250 g/mol. The first kappa shape index (κ1) is 14.1. The molecule has 0 atom stereocenters. The van der Waals surface area contributed by atoms with E-state index in [0.717, 1.165) is 24.1 Å². The minimum Gasteiger partial charge on any atom is -0.465 e. The normalized spacial score (nSPS) is 22.7. The third-order valence-corrected chi connectivity index (χ3v) is 4.91. The van der Waals surface area contributed by atoms with Gasteiger partial charge < -0.3 is 10.2 Å². The van der Waals surface area contributed by atoms with E-state index < -0.39 is 0 Å². The first-order chi connectivity index (χ1) is 9.76. The van der Waals surface area contributed by atoms with Gasteiger partial charge in [-0.25, -0.2) is 0 Å². The first-order valence-corrected chi connectivity index (χ1v) is 8.01. The molecule has 2 heterocycles. The van der Waals surface area contributed by atoms with Crippen LogP contribution in [0.4, 0.5) is 0 Å². The third-order valence-electron chi connectivity index (χ3n) is 4.91. The molecule has 1 aliphatic carbocycles. The van der Waals surface area contributed by atoms with Crippen molar-refractivity contribution < 1.29 is 4.42 Å². The van der Waals surface area contributed by atoms with Gasteiger partial charge in [-0.3, -0.25) is 9.80 Å². The molecule has 3 rings (SSSR count). The van der Waals surface area contributed by atoms with Crippen molar-refractivity contribution in [3.63, 3.8) is 0 Å². The number of aryl methyl sites for hydroxylation is 1. The number of furan rings is 1. The van der Waals surface area contributed by atoms with Gasteiger partial charge in [-0.1, -0.05) is 12.8 Å². The van der Waals surface area contributed by atoms with Crippen molar-refractivity contribution in [3.8, 4) is 0 Å². The minimum absolute atomic E-state index is 0.496. The van der Waals surface area contributed by atoms with E-state index in [2.05, 4.69) is 15.9 Å². The molecule has 2 aliphatic rings. The van der Waals surface area contributed by atoms with Crippen molar-refractivity contribution in [2.75, 3.05) is 26.2 Å². The summed E-state index contributed by atoms with van der Waals surface area (Å²) in [7, 11) is 0. The van der Waals surface area contributed by atoms with Crippen LogP contribution in [0.25, 0.3) is 0 Å². The quantitative estimate of drug-likeness (QED) is 0.915. The van der Waals surface area contributed by atoms with E-state index in [0.29, 0.717) is 6.54 Å². The van der Waals surface area contributed by atoms with Gasteiger partial charge in [-0.15, -0.1) is 0 Å². The van der Waals surface area contributed by atoms with Crippen LogP contribution in [0, 0.1) is 6.92 Å². The Morgan fingerprint density at radius 1 is 1.20 bits per heavy atom. The van der Waals surface area contributed by atoms with Crippen LogP contribution in [0.15, 0.2) is 10.5 Å². The molecule has 1 saturated carbocycles. The molecule has 0 unspecified atom stereocenters. The fraction of sp³-hybridized carbons (Fsp3) is 0.750. The Hall–Kier alpha value is -0.840. The van der Waals surface area contributed by atoms with Crippen LogP contribution >= 0.6 is 0 Å². The fourth-order valence-electron chi connectivity index (χ4n) is 3.64. The average Bonchev–Trinajstić information content (AvgIpc) is 3.10. The van der Waals surface area contributed by atoms with E-state index in [-0.39, 0.29) is 0 Å². The fourth-order valence-corrected chi connectivity index (χ4v) is 3.64. The number of hydrogen-bond donors (Lipinski definition) is 1. The largest absolute Gasteiger partial charge is 0.465 e. The van der Waals surface area contributed by atoms with Crippen LogP contribution in [0.2, 0.25) is 0 Å². The summed E-state index contributed by atoms with van der Waals surface area (Å²) >= 11 is 0. The van der Waals surface area contributed by atoms with Gasteiger partial charge in [0.15, 0.2) is 0 Å². The molecule has 1 saturated heterocycles. The number of nitrogens with zero attached hydrogens (tertiary/aromatic N) is 2. The van der Waals surface area contributed by atoms with E-state index >= 15 is 0 Å². The number of rotatable bonds is 4. The highest BCUT2D eigenvalue weighted by molar-refractivity contribution is 5.20. The summed E-state index contributed by atoms with van der Waals surface area (Å²) in [6.07, 6.45) is 5.70. The maximum absolute atomic E-state index is 5.65. The Labute approximate surface area is 121 Å². The number of hydrogen-bond acceptors (Lipinski definition) is 4. The van der Waals surface area contributed by atoms with Crippen molar-refractivity contribution >= 4 is 0 Å². The molecule has 0 amide bonds. The van der Waals surface area contributed by atoms with E-state index in [9.17, 15) is 0 Å². The van der Waals surface area contributed by atoms with E-state index in [1.165, 1.54) is 57.4 Å². The Balaban J connectivity index is 1.51. The van der Waals surface area contributed by atoms with Gasteiger partial charge in [0.25, 0.3) is 0 Å². The number of piperazine rings is 1. The Morgan fingerprint density at radius 3 is 2.50 bits per heavy atom.